The summed E-state index contributed by atoms with van der Waals surface area (Å²) in [4.78, 5) is 27.0. The van der Waals surface area contributed by atoms with Crippen LogP contribution in [0, 0.1) is 6.92 Å². The molecule has 0 aromatic heterocycles. The molecule has 0 saturated carbocycles. The Hall–Kier alpha value is -2.53. The normalized spacial score (nSPS) is 11.6. The van der Waals surface area contributed by atoms with Gasteiger partial charge >= 0.3 is 0 Å². The summed E-state index contributed by atoms with van der Waals surface area (Å²) in [6.07, 6.45) is 0.835. The summed E-state index contributed by atoms with van der Waals surface area (Å²) in [5.74, 6) is 0.0775. The van der Waals surface area contributed by atoms with Crippen LogP contribution in [0.15, 0.2) is 48.5 Å². The summed E-state index contributed by atoms with van der Waals surface area (Å²) in [6, 6.07) is 14.1. The third kappa shape index (κ3) is 6.27. The Kier molecular flexibility index (Phi) is 8.33. The highest BCUT2D eigenvalue weighted by Gasteiger charge is 2.26. The first-order chi connectivity index (χ1) is 13.4. The van der Waals surface area contributed by atoms with Crippen LogP contribution in [-0.4, -0.2) is 35.9 Å². The fourth-order valence-corrected chi connectivity index (χ4v) is 2.91. The van der Waals surface area contributed by atoms with Gasteiger partial charge in [0.1, 0.15) is 11.8 Å². The molecule has 2 aromatic carbocycles. The van der Waals surface area contributed by atoms with E-state index in [1.807, 2.05) is 38.1 Å². The summed E-state index contributed by atoms with van der Waals surface area (Å²) < 4.78 is 5.60. The number of amides is 2. The zero-order valence-corrected chi connectivity index (χ0v) is 17.3. The third-order valence-corrected chi connectivity index (χ3v) is 4.71. The van der Waals surface area contributed by atoms with E-state index in [0.29, 0.717) is 23.9 Å². The second-order valence-corrected chi connectivity index (χ2v) is 7.10. The van der Waals surface area contributed by atoms with Crippen molar-refractivity contribution in [2.45, 2.75) is 39.8 Å². The molecule has 5 nitrogen and oxygen atoms in total. The maximum atomic E-state index is 12.9. The molecule has 0 bridgehead atoms. The van der Waals surface area contributed by atoms with Crippen LogP contribution < -0.4 is 10.1 Å². The standard InChI is InChI=1S/C22H27ClN2O3/c1-4-12-24-22(27)17(3)25(14-18-9-6-5-8-16(18)2)21(26)15-28-20-11-7-10-19(23)13-20/h5-11,13,17H,4,12,14-15H2,1-3H3,(H,24,27). The van der Waals surface area contributed by atoms with Crippen LogP contribution in [0.2, 0.25) is 5.02 Å². The van der Waals surface area contributed by atoms with Gasteiger partial charge in [-0.15, -0.1) is 0 Å². The lowest BCUT2D eigenvalue weighted by atomic mass is 10.1. The highest BCUT2D eigenvalue weighted by molar-refractivity contribution is 6.30. The summed E-state index contributed by atoms with van der Waals surface area (Å²) in [6.45, 7) is 6.46. The molecule has 1 unspecified atom stereocenters. The van der Waals surface area contributed by atoms with Crippen LogP contribution >= 0.6 is 11.6 Å². The zero-order valence-electron chi connectivity index (χ0n) is 16.6. The lowest BCUT2D eigenvalue weighted by Gasteiger charge is -2.29. The van der Waals surface area contributed by atoms with Crippen molar-refractivity contribution in [2.75, 3.05) is 13.2 Å². The van der Waals surface area contributed by atoms with Crippen molar-refractivity contribution < 1.29 is 14.3 Å². The van der Waals surface area contributed by atoms with Gasteiger partial charge in [0.05, 0.1) is 0 Å². The molecule has 28 heavy (non-hydrogen) atoms. The summed E-state index contributed by atoms with van der Waals surface area (Å²) in [5.41, 5.74) is 2.06. The van der Waals surface area contributed by atoms with Gasteiger partial charge in [0.15, 0.2) is 6.61 Å². The van der Waals surface area contributed by atoms with Crippen LogP contribution in [0.5, 0.6) is 5.75 Å². The van der Waals surface area contributed by atoms with Crippen molar-refractivity contribution in [1.82, 2.24) is 10.2 Å². The molecule has 0 fully saturated rings. The highest BCUT2D eigenvalue weighted by atomic mass is 35.5. The zero-order chi connectivity index (χ0) is 20.5. The monoisotopic (exact) mass is 402 g/mol. The Bertz CT molecular complexity index is 810. The summed E-state index contributed by atoms with van der Waals surface area (Å²) >= 11 is 5.96. The number of hydrogen-bond donors (Lipinski definition) is 1. The van der Waals surface area contributed by atoms with E-state index in [1.165, 1.54) is 0 Å². The molecule has 0 radical (unpaired) electrons. The van der Waals surface area contributed by atoms with Crippen molar-refractivity contribution in [1.29, 1.82) is 0 Å². The molecule has 2 aromatic rings. The molecule has 0 spiro atoms. The van der Waals surface area contributed by atoms with Gasteiger partial charge in [-0.1, -0.05) is 48.9 Å². The second-order valence-electron chi connectivity index (χ2n) is 6.66. The predicted octanol–water partition coefficient (Wildman–Crippen LogP) is 3.97. The summed E-state index contributed by atoms with van der Waals surface area (Å²) in [7, 11) is 0. The topological polar surface area (TPSA) is 58.6 Å². The van der Waals surface area contributed by atoms with Crippen molar-refractivity contribution in [3.8, 4) is 5.75 Å². The van der Waals surface area contributed by atoms with E-state index in [-0.39, 0.29) is 18.4 Å². The number of carbonyl (C=O) groups is 2. The first kappa shape index (κ1) is 21.8. The number of nitrogens with zero attached hydrogens (tertiary/aromatic N) is 1. The maximum Gasteiger partial charge on any atom is 0.261 e. The molecule has 1 N–H and O–H groups in total. The fraction of sp³-hybridized carbons (Fsp3) is 0.364. The van der Waals surface area contributed by atoms with E-state index >= 15 is 0 Å². The van der Waals surface area contributed by atoms with Crippen LogP contribution in [0.3, 0.4) is 0 Å². The van der Waals surface area contributed by atoms with Gasteiger partial charge < -0.3 is 15.0 Å². The van der Waals surface area contributed by atoms with Crippen LogP contribution in [0.4, 0.5) is 0 Å². The molecule has 0 aliphatic rings. The molecule has 0 aliphatic heterocycles. The van der Waals surface area contributed by atoms with Gasteiger partial charge in [0.25, 0.3) is 5.91 Å². The van der Waals surface area contributed by atoms with E-state index in [4.69, 9.17) is 16.3 Å². The second kappa shape index (κ2) is 10.7. The minimum absolute atomic E-state index is 0.169. The van der Waals surface area contributed by atoms with E-state index in [0.717, 1.165) is 17.5 Å². The number of nitrogens with one attached hydrogen (secondary N) is 1. The van der Waals surface area contributed by atoms with Crippen molar-refractivity contribution in [3.05, 3.63) is 64.7 Å². The van der Waals surface area contributed by atoms with Crippen LogP contribution in [0.1, 0.15) is 31.4 Å². The molecule has 6 heteroatoms. The SMILES string of the molecule is CCCNC(=O)C(C)N(Cc1ccccc1C)C(=O)COc1cccc(Cl)c1. The van der Waals surface area contributed by atoms with Gasteiger partial charge in [-0.3, -0.25) is 9.59 Å². The van der Waals surface area contributed by atoms with Crippen LogP contribution in [0.25, 0.3) is 0 Å². The number of benzene rings is 2. The van der Waals surface area contributed by atoms with E-state index in [9.17, 15) is 9.59 Å². The smallest absolute Gasteiger partial charge is 0.261 e. The molecule has 0 saturated heterocycles. The molecule has 0 heterocycles. The highest BCUT2D eigenvalue weighted by Crippen LogP contribution is 2.18. The molecule has 150 valence electrons. The maximum absolute atomic E-state index is 12.9. The minimum Gasteiger partial charge on any atom is -0.484 e. The fourth-order valence-electron chi connectivity index (χ4n) is 2.73. The van der Waals surface area contributed by atoms with Gasteiger partial charge in [-0.05, 0) is 49.6 Å². The Morgan fingerprint density at radius 1 is 1.18 bits per heavy atom. The van der Waals surface area contributed by atoms with E-state index in [1.54, 1.807) is 36.1 Å². The van der Waals surface area contributed by atoms with E-state index < -0.39 is 6.04 Å². The lowest BCUT2D eigenvalue weighted by Crippen LogP contribution is -2.49. The van der Waals surface area contributed by atoms with Crippen LogP contribution in [-0.2, 0) is 16.1 Å². The van der Waals surface area contributed by atoms with Gasteiger partial charge in [-0.2, -0.15) is 0 Å². The largest absolute Gasteiger partial charge is 0.484 e. The number of carbonyl (C=O) groups excluding carboxylic acids is 2. The van der Waals surface area contributed by atoms with E-state index in [2.05, 4.69) is 5.32 Å². The Labute approximate surface area is 171 Å². The average molecular weight is 403 g/mol. The molecular formula is C22H27ClN2O3. The number of rotatable bonds is 9. The first-order valence-electron chi connectivity index (χ1n) is 9.42. The molecule has 2 amide bonds. The van der Waals surface area contributed by atoms with Crippen molar-refractivity contribution in [2.24, 2.45) is 0 Å². The molecule has 1 atom stereocenters. The molecule has 0 aliphatic carbocycles. The molecule has 2 rings (SSSR count). The Morgan fingerprint density at radius 3 is 2.61 bits per heavy atom. The van der Waals surface area contributed by atoms with Crippen molar-refractivity contribution >= 4 is 23.4 Å². The average Bonchev–Trinajstić information content (AvgIpc) is 2.69. The molecular weight excluding hydrogens is 376 g/mol. The Morgan fingerprint density at radius 2 is 1.93 bits per heavy atom. The van der Waals surface area contributed by atoms with Gasteiger partial charge in [0.2, 0.25) is 5.91 Å². The number of aryl methyl sites for hydroxylation is 1. The predicted molar refractivity (Wildman–Crippen MR) is 111 cm³/mol. The third-order valence-electron chi connectivity index (χ3n) is 4.48. The van der Waals surface area contributed by atoms with Gasteiger partial charge in [-0.25, -0.2) is 0 Å². The number of halogens is 1. The minimum atomic E-state index is -0.610. The quantitative estimate of drug-likeness (QED) is 0.690. The summed E-state index contributed by atoms with van der Waals surface area (Å²) in [5, 5.41) is 3.39. The lowest BCUT2D eigenvalue weighted by molar-refractivity contribution is -0.142. The van der Waals surface area contributed by atoms with Gasteiger partial charge in [0, 0.05) is 18.1 Å². The van der Waals surface area contributed by atoms with Crippen molar-refractivity contribution in [3.63, 3.8) is 0 Å². The number of hydrogen-bond acceptors (Lipinski definition) is 3. The first-order valence-corrected chi connectivity index (χ1v) is 9.80. The number of ether oxygens (including phenoxy) is 1. The Balaban J connectivity index is 2.14.